The van der Waals surface area contributed by atoms with Crippen molar-refractivity contribution >= 4 is 29.2 Å². The number of imide groups is 1. The summed E-state index contributed by atoms with van der Waals surface area (Å²) in [4.78, 5) is 43.9. The number of rotatable bonds is 6. The van der Waals surface area contributed by atoms with Crippen LogP contribution in [0.25, 0.3) is 0 Å². The van der Waals surface area contributed by atoms with Gasteiger partial charge >= 0.3 is 6.03 Å². The van der Waals surface area contributed by atoms with Crippen molar-refractivity contribution in [2.24, 2.45) is 5.92 Å². The van der Waals surface area contributed by atoms with Crippen molar-refractivity contribution < 1.29 is 14.4 Å². The minimum Gasteiger partial charge on any atom is -0.353 e. The molecule has 2 N–H and O–H groups in total. The van der Waals surface area contributed by atoms with E-state index in [4.69, 9.17) is 0 Å². The van der Waals surface area contributed by atoms with E-state index in [1.54, 1.807) is 11.3 Å². The van der Waals surface area contributed by atoms with Crippen LogP contribution in [0, 0.1) is 5.92 Å². The van der Waals surface area contributed by atoms with Gasteiger partial charge in [0, 0.05) is 11.4 Å². The Bertz CT molecular complexity index is 1060. The second-order valence-corrected chi connectivity index (χ2v) is 10.8. The molecule has 0 radical (unpaired) electrons. The van der Waals surface area contributed by atoms with E-state index in [0.717, 1.165) is 60.7 Å². The van der Waals surface area contributed by atoms with Gasteiger partial charge in [-0.05, 0) is 73.7 Å². The first-order valence-electron chi connectivity index (χ1n) is 12.2. The number of fused-ring (bicyclic) bond motifs is 2. The van der Waals surface area contributed by atoms with Gasteiger partial charge in [-0.1, -0.05) is 37.3 Å². The van der Waals surface area contributed by atoms with Crippen molar-refractivity contribution in [3.05, 3.63) is 57.8 Å². The number of nitrogens with one attached hydrogen (secondary N) is 2. The van der Waals surface area contributed by atoms with Crippen molar-refractivity contribution in [1.82, 2.24) is 20.4 Å². The predicted molar refractivity (Wildman–Crippen MR) is 131 cm³/mol. The number of benzene rings is 1. The van der Waals surface area contributed by atoms with E-state index >= 15 is 0 Å². The van der Waals surface area contributed by atoms with Gasteiger partial charge < -0.3 is 10.6 Å². The number of carbonyl (C=O) groups excluding carboxylic acids is 3. The Morgan fingerprint density at radius 3 is 2.76 bits per heavy atom. The second kappa shape index (κ2) is 9.50. The molecule has 3 aliphatic rings. The molecule has 2 atom stereocenters. The molecular weight excluding hydrogens is 448 g/mol. The lowest BCUT2D eigenvalue weighted by atomic mass is 9.76. The maximum atomic E-state index is 13.4. The van der Waals surface area contributed by atoms with Gasteiger partial charge in [-0.2, -0.15) is 0 Å². The fraction of sp³-hybridized carbons (Fsp3) is 0.500. The molecule has 2 aliphatic heterocycles. The molecule has 0 saturated carbocycles. The Kier molecular flexibility index (Phi) is 6.44. The van der Waals surface area contributed by atoms with Crippen LogP contribution < -0.4 is 10.6 Å². The number of nitrogens with zero attached hydrogens (tertiary/aromatic N) is 2. The zero-order valence-electron chi connectivity index (χ0n) is 19.6. The lowest BCUT2D eigenvalue weighted by Gasteiger charge is -2.36. The first-order chi connectivity index (χ1) is 16.5. The molecule has 0 bridgehead atoms. The largest absolute Gasteiger partial charge is 0.353 e. The van der Waals surface area contributed by atoms with Crippen LogP contribution in [0.1, 0.15) is 54.7 Å². The first kappa shape index (κ1) is 23.1. The van der Waals surface area contributed by atoms with Gasteiger partial charge in [0.15, 0.2) is 0 Å². The molecule has 2 unspecified atom stereocenters. The molecule has 8 heteroatoms. The molecule has 180 valence electrons. The highest BCUT2D eigenvalue weighted by molar-refractivity contribution is 7.10. The summed E-state index contributed by atoms with van der Waals surface area (Å²) < 4.78 is 0. The number of likely N-dealkylation sites (tertiary alicyclic amines) is 1. The molecule has 7 nitrogen and oxygen atoms in total. The molecule has 3 heterocycles. The van der Waals surface area contributed by atoms with E-state index in [2.05, 4.69) is 33.9 Å². The third-order valence-corrected chi connectivity index (χ3v) is 8.55. The fourth-order valence-electron chi connectivity index (χ4n) is 5.60. The summed E-state index contributed by atoms with van der Waals surface area (Å²) in [6, 6.07) is 11.5. The number of hydrogen-bond acceptors (Lipinski definition) is 5. The number of aryl methyl sites for hydroxylation is 1. The van der Waals surface area contributed by atoms with Crippen LogP contribution in [0.4, 0.5) is 4.79 Å². The Balaban J connectivity index is 1.26. The van der Waals surface area contributed by atoms with Crippen LogP contribution in [-0.2, 0) is 21.5 Å². The quantitative estimate of drug-likeness (QED) is 0.621. The van der Waals surface area contributed by atoms with Crippen molar-refractivity contribution in [2.75, 3.05) is 26.2 Å². The highest BCUT2D eigenvalue weighted by atomic mass is 32.1. The summed E-state index contributed by atoms with van der Waals surface area (Å²) in [6.07, 6.45) is 4.57. The number of amides is 4. The monoisotopic (exact) mass is 480 g/mol. The highest BCUT2D eigenvalue weighted by Gasteiger charge is 2.54. The molecule has 1 aromatic heterocycles. The maximum Gasteiger partial charge on any atom is 0.325 e. The predicted octanol–water partition coefficient (Wildman–Crippen LogP) is 3.42. The third kappa shape index (κ3) is 4.25. The lowest BCUT2D eigenvalue weighted by Crippen LogP contribution is -2.48. The van der Waals surface area contributed by atoms with Crippen LogP contribution in [0.3, 0.4) is 0 Å². The number of urea groups is 1. The number of carbonyl (C=O) groups is 3. The van der Waals surface area contributed by atoms with E-state index in [-0.39, 0.29) is 24.4 Å². The summed E-state index contributed by atoms with van der Waals surface area (Å²) in [7, 11) is 0. The van der Waals surface area contributed by atoms with Crippen molar-refractivity contribution in [1.29, 1.82) is 0 Å². The van der Waals surface area contributed by atoms with Crippen molar-refractivity contribution in [3.63, 3.8) is 0 Å². The summed E-state index contributed by atoms with van der Waals surface area (Å²) in [5, 5.41) is 8.00. The Morgan fingerprint density at radius 1 is 1.21 bits per heavy atom. The first-order valence-corrected chi connectivity index (χ1v) is 13.1. The van der Waals surface area contributed by atoms with E-state index in [1.165, 1.54) is 4.88 Å². The van der Waals surface area contributed by atoms with Gasteiger partial charge in [0.05, 0.1) is 6.04 Å². The molecular formula is C26H32N4O3S. The topological polar surface area (TPSA) is 81.8 Å². The lowest BCUT2D eigenvalue weighted by molar-refractivity contribution is -0.135. The second-order valence-electron chi connectivity index (χ2n) is 9.79. The minimum absolute atomic E-state index is 0.108. The van der Waals surface area contributed by atoms with Gasteiger partial charge in [-0.25, -0.2) is 4.79 Å². The zero-order chi connectivity index (χ0) is 23.7. The van der Waals surface area contributed by atoms with Gasteiger partial charge in [0.2, 0.25) is 5.91 Å². The smallest absolute Gasteiger partial charge is 0.325 e. The normalized spacial score (nSPS) is 24.2. The van der Waals surface area contributed by atoms with Crippen LogP contribution in [0.15, 0.2) is 41.8 Å². The molecule has 2 fully saturated rings. The molecule has 1 spiro atoms. The highest BCUT2D eigenvalue weighted by Crippen LogP contribution is 2.39. The van der Waals surface area contributed by atoms with Crippen LogP contribution in [-0.4, -0.2) is 53.8 Å². The van der Waals surface area contributed by atoms with E-state index < -0.39 is 11.6 Å². The van der Waals surface area contributed by atoms with E-state index in [9.17, 15) is 14.4 Å². The average molecular weight is 481 g/mol. The average Bonchev–Trinajstić information content (AvgIpc) is 3.45. The van der Waals surface area contributed by atoms with Gasteiger partial charge in [-0.3, -0.25) is 19.4 Å². The van der Waals surface area contributed by atoms with Crippen LogP contribution in [0.2, 0.25) is 0 Å². The Hall–Kier alpha value is -2.71. The molecule has 1 aliphatic carbocycles. The van der Waals surface area contributed by atoms with Crippen molar-refractivity contribution in [2.45, 2.75) is 50.6 Å². The summed E-state index contributed by atoms with van der Waals surface area (Å²) in [6.45, 7) is 4.51. The van der Waals surface area contributed by atoms with Gasteiger partial charge in [0.25, 0.3) is 5.91 Å². The maximum absolute atomic E-state index is 13.4. The molecule has 4 amide bonds. The fourth-order valence-corrected chi connectivity index (χ4v) is 6.46. The number of hydrogen-bond donors (Lipinski definition) is 2. The third-order valence-electron chi connectivity index (χ3n) is 7.58. The summed E-state index contributed by atoms with van der Waals surface area (Å²) in [5.74, 6) is 0.1000. The summed E-state index contributed by atoms with van der Waals surface area (Å²) >= 11 is 1.70. The number of thiophene rings is 1. The van der Waals surface area contributed by atoms with Gasteiger partial charge in [0.1, 0.15) is 12.1 Å². The van der Waals surface area contributed by atoms with E-state index in [0.29, 0.717) is 13.0 Å². The Morgan fingerprint density at radius 2 is 2.00 bits per heavy atom. The molecule has 1 aromatic carbocycles. The SMILES string of the molecule is CC1CCN(C(CNC(=O)CN2C(=O)NC3(CCCc4ccccc43)C2=O)c2cccs2)CC1. The summed E-state index contributed by atoms with van der Waals surface area (Å²) in [5.41, 5.74) is 0.902. The van der Waals surface area contributed by atoms with Gasteiger partial charge in [-0.15, -0.1) is 11.3 Å². The van der Waals surface area contributed by atoms with Crippen molar-refractivity contribution in [3.8, 4) is 0 Å². The van der Waals surface area contributed by atoms with Crippen LogP contribution >= 0.6 is 11.3 Å². The molecule has 5 rings (SSSR count). The Labute approximate surface area is 204 Å². The molecule has 2 saturated heterocycles. The molecule has 34 heavy (non-hydrogen) atoms. The minimum atomic E-state index is -1.05. The van der Waals surface area contributed by atoms with Crippen LogP contribution in [0.5, 0.6) is 0 Å². The number of piperidine rings is 1. The molecule has 2 aromatic rings. The zero-order valence-corrected chi connectivity index (χ0v) is 20.4. The standard InChI is InChI=1S/C26H32N4O3S/c1-18-10-13-29(14-11-18)21(22-9-5-15-34-22)16-27-23(31)17-30-24(32)26(28-25(30)33)12-4-7-19-6-2-3-8-20(19)26/h2-3,5-6,8-9,15,18,21H,4,7,10-14,16-17H2,1H3,(H,27,31)(H,28,33). The van der Waals surface area contributed by atoms with E-state index in [1.807, 2.05) is 30.3 Å².